The fourth-order valence-corrected chi connectivity index (χ4v) is 4.10. The van der Waals surface area contributed by atoms with Crippen molar-refractivity contribution >= 4 is 33.9 Å². The van der Waals surface area contributed by atoms with Crippen LogP contribution in [0.2, 0.25) is 0 Å². The van der Waals surface area contributed by atoms with E-state index < -0.39 is 12.3 Å². The Morgan fingerprint density at radius 2 is 1.05 bits per heavy atom. The average molecular weight is 519 g/mol. The van der Waals surface area contributed by atoms with Crippen molar-refractivity contribution in [2.75, 3.05) is 13.2 Å². The molecule has 0 heterocycles. The summed E-state index contributed by atoms with van der Waals surface area (Å²) in [6.07, 6.45) is 1.74. The van der Waals surface area contributed by atoms with E-state index in [0.717, 1.165) is 25.7 Å². The highest BCUT2D eigenvalue weighted by molar-refractivity contribution is 6.10. The zero-order valence-corrected chi connectivity index (χ0v) is 21.4. The minimum Gasteiger partial charge on any atom is -0.507 e. The highest BCUT2D eigenvalue weighted by Crippen LogP contribution is 2.45. The molecule has 4 rings (SSSR count). The molecule has 8 heteroatoms. The Kier molecular flexibility index (Phi) is 8.53. The number of hydrogen-bond acceptors (Lipinski definition) is 8. The van der Waals surface area contributed by atoms with Crippen molar-refractivity contribution in [2.24, 2.45) is 0 Å². The summed E-state index contributed by atoms with van der Waals surface area (Å²) >= 11 is 0. The summed E-state index contributed by atoms with van der Waals surface area (Å²) < 4.78 is 20.7. The Hall–Kier alpha value is -4.46. The Morgan fingerprint density at radius 1 is 0.632 bits per heavy atom. The van der Waals surface area contributed by atoms with E-state index in [4.69, 9.17) is 18.9 Å². The number of unbranched alkanes of at least 4 members (excludes halogenated alkanes) is 2. The Morgan fingerprint density at radius 3 is 1.45 bits per heavy atom. The number of phenolic OH excluding ortho intramolecular Hbond substituents is 2. The van der Waals surface area contributed by atoms with Crippen LogP contribution in [0.5, 0.6) is 23.0 Å². The van der Waals surface area contributed by atoms with Crippen LogP contribution in [0.4, 0.5) is 9.59 Å². The molecule has 4 aromatic carbocycles. The van der Waals surface area contributed by atoms with Gasteiger partial charge in [-0.2, -0.15) is 0 Å². The third-order valence-corrected chi connectivity index (χ3v) is 6.03. The number of aromatic hydroxyl groups is 2. The zero-order chi connectivity index (χ0) is 27.1. The first kappa shape index (κ1) is 26.6. The van der Waals surface area contributed by atoms with Crippen molar-refractivity contribution in [1.82, 2.24) is 0 Å². The summed E-state index contributed by atoms with van der Waals surface area (Å²) in [6.45, 7) is 4.57. The van der Waals surface area contributed by atoms with Crippen molar-refractivity contribution in [3.05, 3.63) is 60.7 Å². The summed E-state index contributed by atoms with van der Waals surface area (Å²) in [5.41, 5.74) is 0.825. The maximum Gasteiger partial charge on any atom is 0.513 e. The van der Waals surface area contributed by atoms with Crippen molar-refractivity contribution in [3.63, 3.8) is 0 Å². The first-order valence-electron chi connectivity index (χ1n) is 12.6. The predicted octanol–water partition coefficient (Wildman–Crippen LogP) is 7.70. The summed E-state index contributed by atoms with van der Waals surface area (Å²) in [5, 5.41) is 24.4. The van der Waals surface area contributed by atoms with Crippen molar-refractivity contribution in [3.8, 4) is 34.1 Å². The quantitative estimate of drug-likeness (QED) is 0.132. The lowest BCUT2D eigenvalue weighted by atomic mass is 9.92. The maximum absolute atomic E-state index is 12.0. The smallest absolute Gasteiger partial charge is 0.507 e. The zero-order valence-electron chi connectivity index (χ0n) is 21.4. The van der Waals surface area contributed by atoms with Crippen LogP contribution in [0, 0.1) is 0 Å². The third kappa shape index (κ3) is 6.08. The standard InChI is InChI=1S/C30H30O8/c1-3-5-15-35-29(33)37-21-9-11-23-19(17-21)7-13-25(31)27(23)28-24-12-10-22(18-20(24)8-14-26(28)32)38-30(34)36-16-6-4-2/h7-14,17-18,31-32H,3-6,15-16H2,1-2H3. The molecular formula is C30H30O8. The molecule has 0 saturated heterocycles. The summed E-state index contributed by atoms with van der Waals surface area (Å²) in [7, 11) is 0. The van der Waals surface area contributed by atoms with Crippen LogP contribution in [0.15, 0.2) is 60.7 Å². The van der Waals surface area contributed by atoms with Crippen LogP contribution < -0.4 is 9.47 Å². The van der Waals surface area contributed by atoms with Crippen LogP contribution >= 0.6 is 0 Å². The van der Waals surface area contributed by atoms with E-state index in [1.165, 1.54) is 12.1 Å². The van der Waals surface area contributed by atoms with E-state index >= 15 is 0 Å². The molecule has 4 aromatic rings. The molecule has 0 bridgehead atoms. The molecule has 0 atom stereocenters. The summed E-state index contributed by atoms with van der Waals surface area (Å²) in [4.78, 5) is 23.9. The highest BCUT2D eigenvalue weighted by atomic mass is 16.7. The normalized spacial score (nSPS) is 10.9. The van der Waals surface area contributed by atoms with Gasteiger partial charge < -0.3 is 29.2 Å². The number of hydrogen-bond donors (Lipinski definition) is 2. The SMILES string of the molecule is CCCCOC(=O)Oc1ccc2c(-c3c(O)ccc4cc(OC(=O)OCCCC)ccc34)c(O)ccc2c1. The number of phenols is 2. The van der Waals surface area contributed by atoms with Gasteiger partial charge in [0.25, 0.3) is 0 Å². The van der Waals surface area contributed by atoms with Crippen LogP contribution in [0.3, 0.4) is 0 Å². The molecule has 0 unspecified atom stereocenters. The van der Waals surface area contributed by atoms with Gasteiger partial charge in [0.2, 0.25) is 0 Å². The Labute approximate surface area is 220 Å². The monoisotopic (exact) mass is 518 g/mol. The second kappa shape index (κ2) is 12.2. The van der Waals surface area contributed by atoms with Gasteiger partial charge in [-0.1, -0.05) is 38.8 Å². The van der Waals surface area contributed by atoms with Gasteiger partial charge in [0.1, 0.15) is 23.0 Å². The van der Waals surface area contributed by atoms with Gasteiger partial charge in [0.05, 0.1) is 13.2 Å². The number of carbonyl (C=O) groups excluding carboxylic acids is 2. The second-order valence-corrected chi connectivity index (χ2v) is 8.79. The lowest BCUT2D eigenvalue weighted by Gasteiger charge is -2.15. The molecule has 0 aliphatic heterocycles. The van der Waals surface area contributed by atoms with E-state index in [0.29, 0.717) is 44.2 Å². The fraction of sp³-hybridized carbons (Fsp3) is 0.267. The molecular weight excluding hydrogens is 488 g/mol. The van der Waals surface area contributed by atoms with Crippen LogP contribution in [-0.4, -0.2) is 35.7 Å². The van der Waals surface area contributed by atoms with Gasteiger partial charge in [-0.05, 0) is 82.9 Å². The van der Waals surface area contributed by atoms with Crippen molar-refractivity contribution in [2.45, 2.75) is 39.5 Å². The van der Waals surface area contributed by atoms with E-state index in [-0.39, 0.29) is 24.7 Å². The number of benzene rings is 4. The van der Waals surface area contributed by atoms with Gasteiger partial charge in [-0.25, -0.2) is 9.59 Å². The summed E-state index contributed by atoms with van der Waals surface area (Å²) in [6, 6.07) is 16.4. The molecule has 8 nitrogen and oxygen atoms in total. The van der Waals surface area contributed by atoms with Crippen LogP contribution in [0.1, 0.15) is 39.5 Å². The van der Waals surface area contributed by atoms with Gasteiger partial charge in [-0.3, -0.25) is 0 Å². The number of fused-ring (bicyclic) bond motifs is 2. The van der Waals surface area contributed by atoms with Crippen LogP contribution in [0.25, 0.3) is 32.7 Å². The maximum atomic E-state index is 12.0. The molecule has 0 aliphatic carbocycles. The van der Waals surface area contributed by atoms with E-state index in [1.54, 1.807) is 48.5 Å². The molecule has 0 aliphatic rings. The Balaban J connectivity index is 1.68. The molecule has 0 saturated carbocycles. The minimum absolute atomic E-state index is 0.0345. The highest BCUT2D eigenvalue weighted by Gasteiger charge is 2.18. The first-order chi connectivity index (χ1) is 18.4. The van der Waals surface area contributed by atoms with Gasteiger partial charge >= 0.3 is 12.3 Å². The molecule has 0 fully saturated rings. The van der Waals surface area contributed by atoms with E-state index in [2.05, 4.69) is 0 Å². The van der Waals surface area contributed by atoms with Gasteiger partial charge in [0, 0.05) is 11.1 Å². The fourth-order valence-electron chi connectivity index (χ4n) is 4.10. The topological polar surface area (TPSA) is 112 Å². The molecule has 0 radical (unpaired) electrons. The third-order valence-electron chi connectivity index (χ3n) is 6.03. The summed E-state index contributed by atoms with van der Waals surface area (Å²) in [5.74, 6) is 0.524. The number of rotatable bonds is 9. The van der Waals surface area contributed by atoms with E-state index in [1.807, 2.05) is 13.8 Å². The van der Waals surface area contributed by atoms with E-state index in [9.17, 15) is 19.8 Å². The largest absolute Gasteiger partial charge is 0.513 e. The molecule has 0 spiro atoms. The number of ether oxygens (including phenoxy) is 4. The lowest BCUT2D eigenvalue weighted by Crippen LogP contribution is -2.11. The van der Waals surface area contributed by atoms with Crippen molar-refractivity contribution < 1.29 is 38.7 Å². The molecule has 2 N–H and O–H groups in total. The van der Waals surface area contributed by atoms with Crippen LogP contribution in [-0.2, 0) is 9.47 Å². The van der Waals surface area contributed by atoms with Crippen molar-refractivity contribution in [1.29, 1.82) is 0 Å². The predicted molar refractivity (Wildman–Crippen MR) is 144 cm³/mol. The molecule has 38 heavy (non-hydrogen) atoms. The second-order valence-electron chi connectivity index (χ2n) is 8.79. The van der Waals surface area contributed by atoms with Gasteiger partial charge in [0.15, 0.2) is 0 Å². The van der Waals surface area contributed by atoms with Gasteiger partial charge in [-0.15, -0.1) is 0 Å². The average Bonchev–Trinajstić information content (AvgIpc) is 2.90. The molecule has 198 valence electrons. The first-order valence-corrected chi connectivity index (χ1v) is 12.6. The Bertz CT molecular complexity index is 1350. The number of carbonyl (C=O) groups is 2. The minimum atomic E-state index is -0.782. The molecule has 0 aromatic heterocycles. The molecule has 0 amide bonds. The lowest BCUT2D eigenvalue weighted by molar-refractivity contribution is 0.0968.